The lowest BCUT2D eigenvalue weighted by Gasteiger charge is -2.18. The molecule has 0 saturated heterocycles. The van der Waals surface area contributed by atoms with Crippen LogP contribution in [0.15, 0.2) is 45.8 Å². The number of amides is 1. The van der Waals surface area contributed by atoms with Crippen molar-refractivity contribution >= 4 is 34.5 Å². The van der Waals surface area contributed by atoms with Gasteiger partial charge < -0.3 is 4.90 Å². The fourth-order valence-corrected chi connectivity index (χ4v) is 2.74. The molecule has 0 unspecified atom stereocenters. The highest BCUT2D eigenvalue weighted by Crippen LogP contribution is 2.21. The molecule has 0 spiro atoms. The molecule has 0 aliphatic heterocycles. The van der Waals surface area contributed by atoms with Crippen LogP contribution >= 0.6 is 28.6 Å². The summed E-state index contributed by atoms with van der Waals surface area (Å²) < 4.78 is 0.905. The molecule has 1 heterocycles. The van der Waals surface area contributed by atoms with E-state index >= 15 is 0 Å². The Balaban J connectivity index is 2.16. The van der Waals surface area contributed by atoms with Crippen LogP contribution in [0, 0.1) is 6.92 Å². The third-order valence-electron chi connectivity index (χ3n) is 2.88. The van der Waals surface area contributed by atoms with E-state index in [1.165, 1.54) is 0 Å². The Morgan fingerprint density at radius 2 is 2.10 bits per heavy atom. The van der Waals surface area contributed by atoms with E-state index in [0.717, 1.165) is 15.9 Å². The summed E-state index contributed by atoms with van der Waals surface area (Å²) in [5.74, 6) is -0.0641. The smallest absolute Gasteiger partial charge is 0.255 e. The Kier molecular flexibility index (Phi) is 4.83. The van der Waals surface area contributed by atoms with Crippen LogP contribution in [0.25, 0.3) is 0 Å². The van der Waals surface area contributed by atoms with Gasteiger partial charge in [-0.25, -0.2) is 0 Å². The number of nitrogens with zero attached hydrogens (tertiary/aromatic N) is 2. The maximum atomic E-state index is 12.4. The summed E-state index contributed by atoms with van der Waals surface area (Å²) in [6, 6.07) is 11.2. The summed E-state index contributed by atoms with van der Waals surface area (Å²) in [5.41, 5.74) is 2.41. The molecule has 2 aromatic rings. The molecule has 0 fully saturated rings. The minimum atomic E-state index is -0.0641. The Morgan fingerprint density at radius 3 is 2.75 bits per heavy atom. The van der Waals surface area contributed by atoms with Crippen molar-refractivity contribution < 1.29 is 4.79 Å². The van der Waals surface area contributed by atoms with Crippen molar-refractivity contribution in [2.45, 2.75) is 18.4 Å². The zero-order chi connectivity index (χ0) is 14.7. The first kappa shape index (κ1) is 15.1. The van der Waals surface area contributed by atoms with Gasteiger partial charge in [0.1, 0.15) is 0 Å². The van der Waals surface area contributed by atoms with Crippen LogP contribution in [-0.2, 0) is 6.54 Å². The normalized spacial score (nSPS) is 10.4. The first-order valence-corrected chi connectivity index (χ1v) is 7.38. The van der Waals surface area contributed by atoms with E-state index in [1.807, 2.05) is 37.3 Å². The Morgan fingerprint density at radius 1 is 1.35 bits per heavy atom. The molecule has 1 aromatic heterocycles. The van der Waals surface area contributed by atoms with Gasteiger partial charge in [0.15, 0.2) is 0 Å². The molecule has 0 saturated carbocycles. The molecule has 3 nitrogen and oxygen atoms in total. The van der Waals surface area contributed by atoms with Crippen molar-refractivity contribution in [1.29, 1.82) is 0 Å². The molecular weight excluding hydrogens is 336 g/mol. The van der Waals surface area contributed by atoms with Crippen LogP contribution in [0.4, 0.5) is 0 Å². The van der Waals surface area contributed by atoms with Gasteiger partial charge in [0.25, 0.3) is 5.91 Å². The molecule has 20 heavy (non-hydrogen) atoms. The molecule has 104 valence electrons. The highest BCUT2D eigenvalue weighted by molar-refractivity contribution is 9.10. The number of thiol groups is 1. The zero-order valence-corrected chi connectivity index (χ0v) is 13.8. The minimum Gasteiger partial charge on any atom is -0.336 e. The molecule has 1 amide bonds. The summed E-state index contributed by atoms with van der Waals surface area (Å²) in [6.07, 6.45) is 0. The van der Waals surface area contributed by atoms with E-state index in [4.69, 9.17) is 0 Å². The van der Waals surface area contributed by atoms with Gasteiger partial charge in [-0.05, 0) is 37.3 Å². The number of carbonyl (C=O) groups is 1. The first-order chi connectivity index (χ1) is 9.47. The van der Waals surface area contributed by atoms with Crippen LogP contribution in [0.5, 0.6) is 0 Å². The summed E-state index contributed by atoms with van der Waals surface area (Å²) in [7, 11) is 1.77. The molecular formula is C15H15BrN2OS. The average molecular weight is 351 g/mol. The lowest BCUT2D eigenvalue weighted by Crippen LogP contribution is -2.27. The van der Waals surface area contributed by atoms with Gasteiger partial charge in [-0.3, -0.25) is 9.78 Å². The van der Waals surface area contributed by atoms with E-state index in [0.29, 0.717) is 17.0 Å². The molecule has 0 bridgehead atoms. The van der Waals surface area contributed by atoms with Crippen molar-refractivity contribution in [3.8, 4) is 0 Å². The van der Waals surface area contributed by atoms with Gasteiger partial charge in [-0.15, -0.1) is 12.6 Å². The number of aryl methyl sites for hydroxylation is 1. The van der Waals surface area contributed by atoms with Gasteiger partial charge in [0.2, 0.25) is 0 Å². The zero-order valence-electron chi connectivity index (χ0n) is 11.3. The lowest BCUT2D eigenvalue weighted by atomic mass is 10.2. The van der Waals surface area contributed by atoms with E-state index in [1.54, 1.807) is 18.0 Å². The van der Waals surface area contributed by atoms with E-state index in [9.17, 15) is 4.79 Å². The molecule has 0 aliphatic carbocycles. The number of aromatic nitrogens is 1. The van der Waals surface area contributed by atoms with Crippen molar-refractivity contribution in [3.05, 3.63) is 57.8 Å². The van der Waals surface area contributed by atoms with E-state index in [-0.39, 0.29) is 5.91 Å². The summed E-state index contributed by atoms with van der Waals surface area (Å²) >= 11 is 7.71. The van der Waals surface area contributed by atoms with Gasteiger partial charge in [-0.1, -0.05) is 22.0 Å². The predicted octanol–water partition coefficient (Wildman–Crippen LogP) is 3.71. The summed E-state index contributed by atoms with van der Waals surface area (Å²) in [5, 5.41) is 0. The second-order valence-corrected chi connectivity index (χ2v) is 5.99. The largest absolute Gasteiger partial charge is 0.336 e. The monoisotopic (exact) mass is 350 g/mol. The number of pyridine rings is 1. The molecule has 0 atom stereocenters. The number of halogens is 1. The van der Waals surface area contributed by atoms with Crippen molar-refractivity contribution in [1.82, 2.24) is 9.88 Å². The number of hydrogen-bond donors (Lipinski definition) is 1. The first-order valence-electron chi connectivity index (χ1n) is 6.14. The quantitative estimate of drug-likeness (QED) is 0.856. The Labute approximate surface area is 132 Å². The SMILES string of the molecule is Cc1cccc(CN(C)C(=O)c2ccc(Br)cc2S)n1. The average Bonchev–Trinajstić information content (AvgIpc) is 2.38. The maximum absolute atomic E-state index is 12.4. The van der Waals surface area contributed by atoms with Gasteiger partial charge >= 0.3 is 0 Å². The van der Waals surface area contributed by atoms with Crippen LogP contribution in [0.2, 0.25) is 0 Å². The number of hydrogen-bond acceptors (Lipinski definition) is 3. The third-order valence-corrected chi connectivity index (χ3v) is 3.75. The second-order valence-electron chi connectivity index (χ2n) is 4.59. The fraction of sp³-hybridized carbons (Fsp3) is 0.200. The number of benzene rings is 1. The van der Waals surface area contributed by atoms with Crippen molar-refractivity contribution in [3.63, 3.8) is 0 Å². The number of rotatable bonds is 3. The highest BCUT2D eigenvalue weighted by Gasteiger charge is 2.15. The lowest BCUT2D eigenvalue weighted by molar-refractivity contribution is 0.0780. The van der Waals surface area contributed by atoms with Crippen molar-refractivity contribution in [2.75, 3.05) is 7.05 Å². The molecule has 0 N–H and O–H groups in total. The highest BCUT2D eigenvalue weighted by atomic mass is 79.9. The molecule has 0 radical (unpaired) electrons. The molecule has 5 heteroatoms. The van der Waals surface area contributed by atoms with Gasteiger partial charge in [0, 0.05) is 22.1 Å². The molecule has 2 rings (SSSR count). The van der Waals surface area contributed by atoms with Crippen LogP contribution in [0.3, 0.4) is 0 Å². The van der Waals surface area contributed by atoms with Crippen molar-refractivity contribution in [2.24, 2.45) is 0 Å². The van der Waals surface area contributed by atoms with Gasteiger partial charge in [0.05, 0.1) is 17.8 Å². The van der Waals surface area contributed by atoms with Gasteiger partial charge in [-0.2, -0.15) is 0 Å². The fourth-order valence-electron chi connectivity index (χ4n) is 1.89. The molecule has 1 aromatic carbocycles. The Hall–Kier alpha value is -1.33. The summed E-state index contributed by atoms with van der Waals surface area (Å²) in [4.78, 5) is 19.1. The topological polar surface area (TPSA) is 33.2 Å². The second kappa shape index (κ2) is 6.41. The summed E-state index contributed by atoms with van der Waals surface area (Å²) in [6.45, 7) is 2.41. The third kappa shape index (κ3) is 3.61. The minimum absolute atomic E-state index is 0.0641. The van der Waals surface area contributed by atoms with Crippen LogP contribution < -0.4 is 0 Å². The van der Waals surface area contributed by atoms with Crippen LogP contribution in [-0.4, -0.2) is 22.8 Å². The van der Waals surface area contributed by atoms with E-state index < -0.39 is 0 Å². The standard InChI is InChI=1S/C15H15BrN2OS/c1-10-4-3-5-12(17-10)9-18(2)15(19)13-7-6-11(16)8-14(13)20/h3-8,20H,9H2,1-2H3. The number of carbonyl (C=O) groups excluding carboxylic acids is 1. The van der Waals surface area contributed by atoms with E-state index in [2.05, 4.69) is 33.5 Å². The predicted molar refractivity (Wildman–Crippen MR) is 86.2 cm³/mol. The maximum Gasteiger partial charge on any atom is 0.255 e. The van der Waals surface area contributed by atoms with Crippen LogP contribution in [0.1, 0.15) is 21.7 Å². The molecule has 0 aliphatic rings. The Bertz CT molecular complexity index is 646.